The Hall–Kier alpha value is -0.120. The molecule has 3 heterocycles. The van der Waals surface area contributed by atoms with Crippen molar-refractivity contribution in [3.05, 3.63) is 0 Å². The van der Waals surface area contributed by atoms with E-state index in [1.165, 1.54) is 58.3 Å². The fourth-order valence-corrected chi connectivity index (χ4v) is 6.17. The second-order valence-electron chi connectivity index (χ2n) is 11.2. The monoisotopic (exact) mass is 348 g/mol. The summed E-state index contributed by atoms with van der Waals surface area (Å²) in [5, 5.41) is 0. The lowest BCUT2D eigenvalue weighted by Crippen LogP contribution is -2.47. The van der Waals surface area contributed by atoms with Crippen molar-refractivity contribution >= 4 is 0 Å². The zero-order chi connectivity index (χ0) is 17.8. The number of hydrogen-bond acceptors (Lipinski definition) is 3. The molecule has 5 unspecified atom stereocenters. The first-order chi connectivity index (χ1) is 11.7. The molecule has 0 radical (unpaired) electrons. The average Bonchev–Trinajstić information content (AvgIpc) is 3.19. The van der Waals surface area contributed by atoms with E-state index in [0.29, 0.717) is 17.2 Å². The van der Waals surface area contributed by atoms with Crippen LogP contribution in [0.4, 0.5) is 0 Å². The second-order valence-corrected chi connectivity index (χ2v) is 11.2. The van der Waals surface area contributed by atoms with Gasteiger partial charge in [0.15, 0.2) is 0 Å². The average molecular weight is 349 g/mol. The summed E-state index contributed by atoms with van der Waals surface area (Å²) in [6.07, 6.45) is 7.39. The van der Waals surface area contributed by atoms with Crippen molar-refractivity contribution in [2.75, 3.05) is 32.8 Å². The normalized spacial score (nSPS) is 40.4. The van der Waals surface area contributed by atoms with E-state index in [9.17, 15) is 0 Å². The Morgan fingerprint density at radius 3 is 2.04 bits per heavy atom. The predicted molar refractivity (Wildman–Crippen MR) is 104 cm³/mol. The number of likely N-dealkylation sites (tertiary alicyclic amines) is 2. The van der Waals surface area contributed by atoms with Gasteiger partial charge in [-0.05, 0) is 84.0 Å². The van der Waals surface area contributed by atoms with Gasteiger partial charge in [-0.1, -0.05) is 6.42 Å². The number of ether oxygens (including phenoxy) is 1. The van der Waals surface area contributed by atoms with Crippen LogP contribution in [0.15, 0.2) is 0 Å². The molecule has 3 saturated heterocycles. The van der Waals surface area contributed by atoms with Gasteiger partial charge in [0, 0.05) is 37.3 Å². The first-order valence-corrected chi connectivity index (χ1v) is 10.8. The lowest BCUT2D eigenvalue weighted by atomic mass is 9.83. The fraction of sp³-hybridized carbons (Fsp3) is 1.00. The van der Waals surface area contributed by atoms with Crippen LogP contribution in [-0.2, 0) is 4.74 Å². The van der Waals surface area contributed by atoms with Gasteiger partial charge in [0.1, 0.15) is 0 Å². The molecule has 0 spiro atoms. The van der Waals surface area contributed by atoms with Crippen LogP contribution in [0, 0.1) is 23.7 Å². The molecule has 1 saturated carbocycles. The Kier molecular flexibility index (Phi) is 4.74. The van der Waals surface area contributed by atoms with Gasteiger partial charge in [-0.3, -0.25) is 9.80 Å². The van der Waals surface area contributed by atoms with Crippen molar-refractivity contribution in [2.45, 2.75) is 83.9 Å². The molecule has 4 rings (SSSR count). The third kappa shape index (κ3) is 3.66. The van der Waals surface area contributed by atoms with E-state index in [0.717, 1.165) is 30.3 Å². The van der Waals surface area contributed by atoms with Crippen molar-refractivity contribution in [3.8, 4) is 0 Å². The largest absolute Gasteiger partial charge is 0.378 e. The van der Waals surface area contributed by atoms with Crippen LogP contribution in [0.1, 0.15) is 66.7 Å². The van der Waals surface area contributed by atoms with E-state index >= 15 is 0 Å². The molecule has 3 heteroatoms. The Labute approximate surface area is 155 Å². The smallest absolute Gasteiger partial charge is 0.0596 e. The molecule has 0 N–H and O–H groups in total. The maximum atomic E-state index is 6.39. The molecule has 0 amide bonds. The van der Waals surface area contributed by atoms with Gasteiger partial charge >= 0.3 is 0 Å². The van der Waals surface area contributed by atoms with Gasteiger partial charge in [-0.2, -0.15) is 0 Å². The topological polar surface area (TPSA) is 15.7 Å². The molecule has 0 bridgehead atoms. The van der Waals surface area contributed by atoms with Crippen LogP contribution in [-0.4, -0.2) is 59.8 Å². The molecule has 0 aromatic heterocycles. The van der Waals surface area contributed by atoms with E-state index < -0.39 is 0 Å². The van der Waals surface area contributed by atoms with E-state index in [2.05, 4.69) is 44.4 Å². The highest BCUT2D eigenvalue weighted by Gasteiger charge is 2.45. The molecular formula is C22H40N2O. The van der Waals surface area contributed by atoms with Gasteiger partial charge in [0.05, 0.1) is 12.7 Å². The molecule has 144 valence electrons. The highest BCUT2D eigenvalue weighted by atomic mass is 16.5. The van der Waals surface area contributed by atoms with Crippen LogP contribution in [0.5, 0.6) is 0 Å². The van der Waals surface area contributed by atoms with Crippen LogP contribution in [0.2, 0.25) is 0 Å². The van der Waals surface area contributed by atoms with Gasteiger partial charge < -0.3 is 4.74 Å². The predicted octanol–water partition coefficient (Wildman–Crippen LogP) is 4.02. The molecule has 25 heavy (non-hydrogen) atoms. The van der Waals surface area contributed by atoms with Crippen molar-refractivity contribution in [1.82, 2.24) is 9.80 Å². The van der Waals surface area contributed by atoms with Gasteiger partial charge in [-0.25, -0.2) is 0 Å². The van der Waals surface area contributed by atoms with Crippen molar-refractivity contribution in [2.24, 2.45) is 23.7 Å². The number of rotatable bonds is 3. The number of fused-ring (bicyclic) bond motifs is 2. The molecule has 4 fully saturated rings. The summed E-state index contributed by atoms with van der Waals surface area (Å²) in [6, 6.07) is 0. The summed E-state index contributed by atoms with van der Waals surface area (Å²) >= 11 is 0. The molecule has 0 aromatic carbocycles. The summed E-state index contributed by atoms with van der Waals surface area (Å²) in [5.74, 6) is 3.61. The van der Waals surface area contributed by atoms with Crippen LogP contribution in [0.25, 0.3) is 0 Å². The molecule has 4 aliphatic rings. The van der Waals surface area contributed by atoms with Crippen molar-refractivity contribution < 1.29 is 4.74 Å². The first kappa shape index (κ1) is 18.3. The number of hydrogen-bond donors (Lipinski definition) is 0. The second kappa shape index (κ2) is 6.49. The third-order valence-corrected chi connectivity index (χ3v) is 7.95. The van der Waals surface area contributed by atoms with E-state index in [4.69, 9.17) is 4.74 Å². The number of nitrogens with zero attached hydrogens (tertiary/aromatic N) is 2. The van der Waals surface area contributed by atoms with Gasteiger partial charge in [0.2, 0.25) is 0 Å². The van der Waals surface area contributed by atoms with Crippen LogP contribution in [0.3, 0.4) is 0 Å². The first-order valence-electron chi connectivity index (χ1n) is 10.8. The third-order valence-electron chi connectivity index (χ3n) is 7.95. The Morgan fingerprint density at radius 1 is 0.800 bits per heavy atom. The maximum Gasteiger partial charge on any atom is 0.0596 e. The molecular weight excluding hydrogens is 308 g/mol. The zero-order valence-corrected chi connectivity index (χ0v) is 17.3. The van der Waals surface area contributed by atoms with Crippen LogP contribution >= 0.6 is 0 Å². The lowest BCUT2D eigenvalue weighted by molar-refractivity contribution is -0.0576. The lowest BCUT2D eigenvalue weighted by Gasteiger charge is -2.41. The minimum absolute atomic E-state index is 0.296. The van der Waals surface area contributed by atoms with E-state index in [-0.39, 0.29) is 0 Å². The van der Waals surface area contributed by atoms with Gasteiger partial charge in [-0.15, -0.1) is 0 Å². The Bertz CT molecular complexity index is 471. The van der Waals surface area contributed by atoms with E-state index in [1.807, 2.05) is 0 Å². The van der Waals surface area contributed by atoms with Crippen molar-refractivity contribution in [3.63, 3.8) is 0 Å². The fourth-order valence-electron chi connectivity index (χ4n) is 6.17. The maximum absolute atomic E-state index is 6.39. The summed E-state index contributed by atoms with van der Waals surface area (Å²) in [7, 11) is 0. The summed E-state index contributed by atoms with van der Waals surface area (Å²) in [4.78, 5) is 5.48. The summed E-state index contributed by atoms with van der Waals surface area (Å²) in [5.41, 5.74) is 0.601. The molecule has 1 aliphatic carbocycles. The zero-order valence-electron chi connectivity index (χ0n) is 17.3. The highest BCUT2D eigenvalue weighted by Crippen LogP contribution is 2.43. The Balaban J connectivity index is 1.33. The van der Waals surface area contributed by atoms with E-state index in [1.54, 1.807) is 0 Å². The molecule has 0 aromatic rings. The molecule has 5 atom stereocenters. The molecule has 3 nitrogen and oxygen atoms in total. The van der Waals surface area contributed by atoms with Gasteiger partial charge in [0.25, 0.3) is 0 Å². The summed E-state index contributed by atoms with van der Waals surface area (Å²) < 4.78 is 6.39. The standard InChI is InChI=1S/C22H40N2O/c1-21(2,3)23-13-18-9-20(25-15-19(18)14-23)10-22(4,5)24-11-16-7-6-8-17(16)12-24/h16-20H,6-15H2,1-5H3. The quantitative estimate of drug-likeness (QED) is 0.766. The van der Waals surface area contributed by atoms with Crippen LogP contribution < -0.4 is 0 Å². The minimum Gasteiger partial charge on any atom is -0.378 e. The SMILES string of the molecule is CC(C)(C)N1CC2COC(CC(C)(C)N3CC4CCCC4C3)CC2C1. The summed E-state index contributed by atoms with van der Waals surface area (Å²) in [6.45, 7) is 18.2. The van der Waals surface area contributed by atoms with Crippen molar-refractivity contribution in [1.29, 1.82) is 0 Å². The highest BCUT2D eigenvalue weighted by molar-refractivity contribution is 4.98. The molecule has 3 aliphatic heterocycles. The minimum atomic E-state index is 0.296. The Morgan fingerprint density at radius 2 is 1.40 bits per heavy atom.